The first-order valence-corrected chi connectivity index (χ1v) is 14.1. The van der Waals surface area contributed by atoms with Crippen LogP contribution < -0.4 is 15.8 Å². The number of benzene rings is 3. The van der Waals surface area contributed by atoms with Crippen molar-refractivity contribution >= 4 is 16.8 Å². The van der Waals surface area contributed by atoms with E-state index in [4.69, 9.17) is 15.6 Å². The van der Waals surface area contributed by atoms with Gasteiger partial charge in [-0.2, -0.15) is 0 Å². The lowest BCUT2D eigenvalue weighted by Crippen LogP contribution is -2.50. The van der Waals surface area contributed by atoms with Crippen LogP contribution in [0, 0.1) is 0 Å². The quantitative estimate of drug-likeness (QED) is 0.200. The van der Waals surface area contributed by atoms with E-state index in [1.54, 1.807) is 21.0 Å². The second-order valence-electron chi connectivity index (χ2n) is 11.1. The van der Waals surface area contributed by atoms with Crippen molar-refractivity contribution in [3.8, 4) is 5.75 Å². The van der Waals surface area contributed by atoms with Gasteiger partial charge in [0, 0.05) is 29.9 Å². The number of para-hydroxylation sites is 1. The van der Waals surface area contributed by atoms with Gasteiger partial charge in [-0.25, -0.2) is 0 Å². The van der Waals surface area contributed by atoms with Crippen molar-refractivity contribution in [3.05, 3.63) is 113 Å². The van der Waals surface area contributed by atoms with Crippen LogP contribution in [0.4, 0.5) is 0 Å². The first-order valence-electron chi connectivity index (χ1n) is 14.1. The molecule has 0 unspecified atom stereocenters. The minimum atomic E-state index is -1.04. The maximum Gasteiger partial charge on any atom is 0.240 e. The van der Waals surface area contributed by atoms with E-state index in [1.165, 1.54) is 5.56 Å². The van der Waals surface area contributed by atoms with Crippen LogP contribution in [0.5, 0.6) is 5.75 Å². The molecule has 0 spiro atoms. The molecule has 1 amide bonds. The summed E-state index contributed by atoms with van der Waals surface area (Å²) in [6, 6.07) is 26.2. The van der Waals surface area contributed by atoms with Gasteiger partial charge in [-0.15, -0.1) is 10.2 Å². The molecule has 0 saturated carbocycles. The molecular formula is C33H38N6O2. The fourth-order valence-electron chi connectivity index (χ4n) is 5.04. The molecule has 2 heterocycles. The Morgan fingerprint density at radius 1 is 0.976 bits per heavy atom. The molecule has 0 radical (unpaired) electrons. The fourth-order valence-corrected chi connectivity index (χ4v) is 5.04. The lowest BCUT2D eigenvalue weighted by Gasteiger charge is -2.25. The van der Waals surface area contributed by atoms with Crippen molar-refractivity contribution < 1.29 is 9.53 Å². The zero-order chi connectivity index (χ0) is 28.8. The molecule has 0 fully saturated rings. The minimum Gasteiger partial charge on any atom is -0.497 e. The Hall–Kier alpha value is -4.43. The third kappa shape index (κ3) is 6.84. The van der Waals surface area contributed by atoms with Gasteiger partial charge in [0.05, 0.1) is 25.2 Å². The van der Waals surface area contributed by atoms with Gasteiger partial charge in [-0.3, -0.25) is 4.79 Å². The topological polar surface area (TPSA) is 111 Å². The number of carbonyl (C=O) groups is 1. The number of amides is 1. The number of aryl methyl sites for hydroxylation is 2. The van der Waals surface area contributed by atoms with Gasteiger partial charge in [0.25, 0.3) is 0 Å². The standard InChI is InChI=1S/C33H38N6O2/c1-33(2,34)32(40)36-29(20-25-21-35-28-14-8-7-13-27(25)28)31-38-37-30(15-9-12-23-10-5-4-6-11-23)39(31)22-24-16-18-26(41-3)19-17-24/h4-8,10-11,13-14,16-19,21,29,35H,9,12,15,20,22,34H2,1-3H3,(H,36,40)/t29-/m1/s1. The summed E-state index contributed by atoms with van der Waals surface area (Å²) < 4.78 is 7.51. The van der Waals surface area contributed by atoms with Gasteiger partial charge in [0.15, 0.2) is 5.82 Å². The van der Waals surface area contributed by atoms with Crippen molar-refractivity contribution in [1.82, 2.24) is 25.1 Å². The predicted octanol–water partition coefficient (Wildman–Crippen LogP) is 5.13. The van der Waals surface area contributed by atoms with Gasteiger partial charge in [-0.05, 0) is 61.6 Å². The summed E-state index contributed by atoms with van der Waals surface area (Å²) in [5.41, 5.74) is 9.69. The van der Waals surface area contributed by atoms with Gasteiger partial charge in [-0.1, -0.05) is 60.7 Å². The number of aromatic nitrogens is 4. The van der Waals surface area contributed by atoms with E-state index in [2.05, 4.69) is 50.3 Å². The first-order chi connectivity index (χ1) is 19.8. The normalized spacial score (nSPS) is 12.4. The molecule has 41 heavy (non-hydrogen) atoms. The number of ether oxygens (including phenoxy) is 1. The molecule has 4 N–H and O–H groups in total. The van der Waals surface area contributed by atoms with Crippen molar-refractivity contribution in [1.29, 1.82) is 0 Å². The highest BCUT2D eigenvalue weighted by molar-refractivity contribution is 5.86. The Labute approximate surface area is 240 Å². The molecule has 8 heteroatoms. The summed E-state index contributed by atoms with van der Waals surface area (Å²) in [7, 11) is 1.66. The van der Waals surface area contributed by atoms with Crippen LogP contribution in [-0.2, 0) is 30.6 Å². The Balaban J connectivity index is 1.50. The smallest absolute Gasteiger partial charge is 0.240 e. The second kappa shape index (κ2) is 12.4. The number of nitrogens with zero attached hydrogens (tertiary/aromatic N) is 3. The predicted molar refractivity (Wildman–Crippen MR) is 162 cm³/mol. The number of nitrogens with two attached hydrogens (primary N) is 1. The first kappa shape index (κ1) is 28.1. The van der Waals surface area contributed by atoms with Gasteiger partial charge in [0.2, 0.25) is 5.91 Å². The van der Waals surface area contributed by atoms with Crippen LogP contribution in [0.1, 0.15) is 54.6 Å². The highest BCUT2D eigenvalue weighted by Gasteiger charge is 2.29. The van der Waals surface area contributed by atoms with E-state index in [9.17, 15) is 4.79 Å². The Morgan fingerprint density at radius 2 is 1.71 bits per heavy atom. The van der Waals surface area contributed by atoms with Gasteiger partial charge in [0.1, 0.15) is 11.6 Å². The lowest BCUT2D eigenvalue weighted by atomic mass is 10.0. The van der Waals surface area contributed by atoms with Crippen LogP contribution in [0.2, 0.25) is 0 Å². The van der Waals surface area contributed by atoms with Crippen LogP contribution >= 0.6 is 0 Å². The molecule has 8 nitrogen and oxygen atoms in total. The van der Waals surface area contributed by atoms with Crippen molar-refractivity contribution in [3.63, 3.8) is 0 Å². The molecular weight excluding hydrogens is 512 g/mol. The average molecular weight is 551 g/mol. The van der Waals surface area contributed by atoms with Crippen LogP contribution in [0.25, 0.3) is 10.9 Å². The zero-order valence-corrected chi connectivity index (χ0v) is 23.9. The van der Waals surface area contributed by atoms with Crippen molar-refractivity contribution in [2.75, 3.05) is 7.11 Å². The highest BCUT2D eigenvalue weighted by atomic mass is 16.5. The summed E-state index contributed by atoms with van der Waals surface area (Å²) in [5, 5.41) is 13.7. The summed E-state index contributed by atoms with van der Waals surface area (Å²) in [6.45, 7) is 3.99. The van der Waals surface area contributed by atoms with E-state index >= 15 is 0 Å². The van der Waals surface area contributed by atoms with E-state index in [1.807, 2.05) is 54.7 Å². The second-order valence-corrected chi connectivity index (χ2v) is 11.1. The average Bonchev–Trinajstić information content (AvgIpc) is 3.57. The number of H-pyrrole nitrogens is 1. The fraction of sp³-hybridized carbons (Fsp3) is 0.303. The summed E-state index contributed by atoms with van der Waals surface area (Å²) in [5.74, 6) is 2.15. The Bertz CT molecular complexity index is 1580. The Morgan fingerprint density at radius 3 is 2.44 bits per heavy atom. The number of aromatic amines is 1. The number of nitrogens with one attached hydrogen (secondary N) is 2. The highest BCUT2D eigenvalue weighted by Crippen LogP contribution is 2.26. The van der Waals surface area contributed by atoms with E-state index in [0.29, 0.717) is 18.8 Å². The lowest BCUT2D eigenvalue weighted by molar-refractivity contribution is -0.126. The van der Waals surface area contributed by atoms with Crippen LogP contribution in [0.15, 0.2) is 85.1 Å². The molecule has 212 valence electrons. The Kier molecular flexibility index (Phi) is 8.50. The molecule has 0 saturated heterocycles. The van der Waals surface area contributed by atoms with Crippen LogP contribution in [0.3, 0.4) is 0 Å². The minimum absolute atomic E-state index is 0.244. The summed E-state index contributed by atoms with van der Waals surface area (Å²) in [6.07, 6.45) is 5.18. The number of hydrogen-bond acceptors (Lipinski definition) is 5. The maximum absolute atomic E-state index is 13.2. The number of rotatable bonds is 12. The van der Waals surface area contributed by atoms with Gasteiger partial charge >= 0.3 is 0 Å². The molecule has 0 aliphatic carbocycles. The number of hydrogen-bond donors (Lipinski definition) is 3. The van der Waals surface area contributed by atoms with Crippen LogP contribution in [-0.4, -0.2) is 38.3 Å². The SMILES string of the molecule is COc1ccc(Cn2c(CCCc3ccccc3)nnc2[C@@H](Cc2c[nH]c3ccccc23)NC(=O)C(C)(C)N)cc1. The summed E-state index contributed by atoms with van der Waals surface area (Å²) >= 11 is 0. The number of fused-ring (bicyclic) bond motifs is 1. The molecule has 5 aromatic rings. The monoisotopic (exact) mass is 550 g/mol. The van der Waals surface area contributed by atoms with E-state index in [-0.39, 0.29) is 5.91 Å². The van der Waals surface area contributed by atoms with E-state index < -0.39 is 11.6 Å². The molecule has 0 aliphatic heterocycles. The molecule has 5 rings (SSSR count). The number of methoxy groups -OCH3 is 1. The third-order valence-corrected chi connectivity index (χ3v) is 7.37. The largest absolute Gasteiger partial charge is 0.497 e. The molecule has 2 aromatic heterocycles. The molecule has 1 atom stereocenters. The zero-order valence-electron chi connectivity index (χ0n) is 23.9. The molecule has 0 bridgehead atoms. The third-order valence-electron chi connectivity index (χ3n) is 7.37. The number of carbonyl (C=O) groups excluding carboxylic acids is 1. The van der Waals surface area contributed by atoms with Crippen molar-refractivity contribution in [2.24, 2.45) is 5.73 Å². The molecule has 3 aromatic carbocycles. The van der Waals surface area contributed by atoms with E-state index in [0.717, 1.165) is 52.9 Å². The van der Waals surface area contributed by atoms with Crippen molar-refractivity contribution in [2.45, 2.75) is 57.7 Å². The summed E-state index contributed by atoms with van der Waals surface area (Å²) in [4.78, 5) is 16.6. The van der Waals surface area contributed by atoms with Gasteiger partial charge < -0.3 is 25.3 Å². The molecule has 0 aliphatic rings. The maximum atomic E-state index is 13.2.